The van der Waals surface area contributed by atoms with Crippen LogP contribution in [0.1, 0.15) is 39.5 Å². The average Bonchev–Trinajstić information content (AvgIpc) is 3.22. The zero-order valence-electron chi connectivity index (χ0n) is 19.6. The summed E-state index contributed by atoms with van der Waals surface area (Å²) in [6.45, 7) is 4.89. The van der Waals surface area contributed by atoms with Gasteiger partial charge in [-0.1, -0.05) is 19.9 Å². The Balaban J connectivity index is 1.47. The van der Waals surface area contributed by atoms with E-state index >= 15 is 0 Å². The molecule has 0 spiro atoms. The van der Waals surface area contributed by atoms with Crippen molar-refractivity contribution in [3.05, 3.63) is 36.7 Å². The van der Waals surface area contributed by atoms with Crippen LogP contribution in [0.3, 0.4) is 0 Å². The predicted octanol–water partition coefficient (Wildman–Crippen LogP) is 3.46. The molecule has 1 aromatic carbocycles. The molecule has 4 rings (SSSR count). The molecule has 2 heterocycles. The van der Waals surface area contributed by atoms with Gasteiger partial charge in [0.2, 0.25) is 16.0 Å². The van der Waals surface area contributed by atoms with Crippen LogP contribution in [0.5, 0.6) is 5.75 Å². The lowest BCUT2D eigenvalue weighted by atomic mass is 9.91. The molecule has 0 unspecified atom stereocenters. The summed E-state index contributed by atoms with van der Waals surface area (Å²) in [4.78, 5) is 9.08. The Kier molecular flexibility index (Phi) is 6.85. The van der Waals surface area contributed by atoms with Crippen molar-refractivity contribution in [3.8, 4) is 11.6 Å². The molecule has 0 amide bonds. The molecule has 0 atom stereocenters. The van der Waals surface area contributed by atoms with Crippen molar-refractivity contribution in [1.29, 1.82) is 0 Å². The Morgan fingerprint density at radius 3 is 2.67 bits per heavy atom. The summed E-state index contributed by atoms with van der Waals surface area (Å²) < 4.78 is 32.9. The van der Waals surface area contributed by atoms with Gasteiger partial charge in [-0.3, -0.25) is 0 Å². The second-order valence-corrected chi connectivity index (χ2v) is 11.2. The fraction of sp³-hybridized carbons (Fsp3) is 0.522. The van der Waals surface area contributed by atoms with Gasteiger partial charge in [0.25, 0.3) is 0 Å². The minimum Gasteiger partial charge on any atom is -0.493 e. The van der Waals surface area contributed by atoms with Crippen LogP contribution in [0.2, 0.25) is 0 Å². The molecule has 1 aliphatic carbocycles. The van der Waals surface area contributed by atoms with Crippen molar-refractivity contribution in [1.82, 2.24) is 24.1 Å². The minimum absolute atomic E-state index is 0.0489. The normalized spacial score (nSPS) is 19.3. The molecule has 1 N–H and O–H groups in total. The van der Waals surface area contributed by atoms with Gasteiger partial charge in [-0.25, -0.2) is 22.4 Å². The van der Waals surface area contributed by atoms with Crippen LogP contribution < -0.4 is 10.1 Å². The van der Waals surface area contributed by atoms with Crippen molar-refractivity contribution < 1.29 is 13.2 Å². The molecule has 3 aromatic rings. The second kappa shape index (κ2) is 9.64. The summed E-state index contributed by atoms with van der Waals surface area (Å²) in [6.07, 6.45) is 8.13. The largest absolute Gasteiger partial charge is 0.493 e. The number of rotatable bonds is 8. The number of nitrogens with one attached hydrogen (secondary N) is 1. The van der Waals surface area contributed by atoms with Gasteiger partial charge in [0.05, 0.1) is 30.0 Å². The second-order valence-electron chi connectivity index (χ2n) is 9.12. The lowest BCUT2D eigenvalue weighted by Crippen LogP contribution is -2.41. The molecule has 33 heavy (non-hydrogen) atoms. The van der Waals surface area contributed by atoms with Crippen LogP contribution in [0, 0.1) is 5.92 Å². The average molecular weight is 473 g/mol. The third-order valence-electron chi connectivity index (χ3n) is 6.07. The number of aromatic nitrogens is 4. The Hall–Kier alpha value is -2.72. The molecule has 0 radical (unpaired) electrons. The topological polar surface area (TPSA) is 102 Å². The first-order valence-electron chi connectivity index (χ1n) is 11.3. The van der Waals surface area contributed by atoms with Crippen LogP contribution in [0.4, 0.5) is 5.95 Å². The maximum absolute atomic E-state index is 11.8. The van der Waals surface area contributed by atoms with Gasteiger partial charge < -0.3 is 10.1 Å². The zero-order valence-corrected chi connectivity index (χ0v) is 20.4. The lowest BCUT2D eigenvalue weighted by Gasteiger charge is -2.33. The quantitative estimate of drug-likeness (QED) is 0.535. The minimum atomic E-state index is -3.17. The Bertz CT molecular complexity index is 1200. The lowest BCUT2D eigenvalue weighted by molar-refractivity contribution is 0.274. The number of fused-ring (bicyclic) bond motifs is 1. The van der Waals surface area contributed by atoms with Crippen LogP contribution >= 0.6 is 0 Å². The number of sulfonamides is 1. The van der Waals surface area contributed by atoms with E-state index in [9.17, 15) is 8.42 Å². The highest BCUT2D eigenvalue weighted by Gasteiger charge is 2.28. The number of hydrogen-bond donors (Lipinski definition) is 1. The van der Waals surface area contributed by atoms with Crippen LogP contribution in [-0.4, -0.2) is 64.5 Å². The van der Waals surface area contributed by atoms with Crippen molar-refractivity contribution >= 4 is 26.9 Å². The first-order chi connectivity index (χ1) is 15.7. The summed E-state index contributed by atoms with van der Waals surface area (Å²) in [5.41, 5.74) is 0.922. The third kappa shape index (κ3) is 5.44. The summed E-state index contributed by atoms with van der Waals surface area (Å²) in [6, 6.07) is 8.00. The van der Waals surface area contributed by atoms with E-state index in [-0.39, 0.29) is 12.1 Å². The molecular weight excluding hydrogens is 440 g/mol. The third-order valence-corrected chi connectivity index (χ3v) is 7.42. The molecule has 2 aromatic heterocycles. The number of anilines is 1. The molecule has 9 nitrogen and oxygen atoms in total. The highest BCUT2D eigenvalue weighted by Crippen LogP contribution is 2.28. The first-order valence-corrected chi connectivity index (χ1v) is 13.2. The molecule has 178 valence electrons. The van der Waals surface area contributed by atoms with Crippen LogP contribution in [0.15, 0.2) is 36.7 Å². The van der Waals surface area contributed by atoms with Crippen molar-refractivity contribution in [3.63, 3.8) is 0 Å². The van der Waals surface area contributed by atoms with E-state index in [2.05, 4.69) is 34.2 Å². The van der Waals surface area contributed by atoms with E-state index in [0.29, 0.717) is 24.3 Å². The van der Waals surface area contributed by atoms with E-state index in [0.717, 1.165) is 42.3 Å². The SMILES string of the molecule is CC(C)COc1cccc2c1cnn2-c1ccnc(N[C@H]2CC[C@H](N(C)S(C)(=O)=O)CC2)n1. The van der Waals surface area contributed by atoms with Gasteiger partial charge in [-0.2, -0.15) is 10.1 Å². The van der Waals surface area contributed by atoms with E-state index < -0.39 is 10.0 Å². The maximum atomic E-state index is 11.8. The first kappa shape index (κ1) is 23.4. The van der Waals surface area contributed by atoms with Gasteiger partial charge in [0.1, 0.15) is 5.75 Å². The van der Waals surface area contributed by atoms with Gasteiger partial charge in [0.15, 0.2) is 5.82 Å². The molecular formula is C23H32N6O3S. The maximum Gasteiger partial charge on any atom is 0.224 e. The summed E-state index contributed by atoms with van der Waals surface area (Å²) >= 11 is 0. The fourth-order valence-corrected chi connectivity index (χ4v) is 4.92. The molecule has 1 aliphatic rings. The summed E-state index contributed by atoms with van der Waals surface area (Å²) in [7, 11) is -1.51. The smallest absolute Gasteiger partial charge is 0.224 e. The molecule has 0 bridgehead atoms. The molecule has 0 saturated heterocycles. The number of ether oxygens (including phenoxy) is 1. The van der Waals surface area contributed by atoms with E-state index in [1.54, 1.807) is 24.1 Å². The highest BCUT2D eigenvalue weighted by atomic mass is 32.2. The predicted molar refractivity (Wildman–Crippen MR) is 129 cm³/mol. The van der Waals surface area contributed by atoms with Crippen molar-refractivity contribution in [2.45, 2.75) is 51.6 Å². The van der Waals surface area contributed by atoms with Gasteiger partial charge in [0, 0.05) is 31.4 Å². The van der Waals surface area contributed by atoms with E-state index in [1.165, 1.54) is 10.6 Å². The van der Waals surface area contributed by atoms with Gasteiger partial charge in [-0.05, 0) is 43.7 Å². The number of hydrogen-bond acceptors (Lipinski definition) is 7. The number of nitrogens with zero attached hydrogens (tertiary/aromatic N) is 5. The molecule has 1 fully saturated rings. The summed E-state index contributed by atoms with van der Waals surface area (Å²) in [5.74, 6) is 2.47. The molecule has 10 heteroatoms. The van der Waals surface area contributed by atoms with Crippen molar-refractivity contribution in [2.75, 3.05) is 25.2 Å². The van der Waals surface area contributed by atoms with Crippen molar-refractivity contribution in [2.24, 2.45) is 5.92 Å². The Morgan fingerprint density at radius 2 is 1.97 bits per heavy atom. The van der Waals surface area contributed by atoms with E-state index in [1.807, 2.05) is 24.3 Å². The zero-order chi connectivity index (χ0) is 23.6. The van der Waals surface area contributed by atoms with Crippen LogP contribution in [0.25, 0.3) is 16.7 Å². The molecule has 1 saturated carbocycles. The fourth-order valence-electron chi connectivity index (χ4n) is 4.16. The van der Waals surface area contributed by atoms with Crippen LogP contribution in [-0.2, 0) is 10.0 Å². The Morgan fingerprint density at radius 1 is 1.21 bits per heavy atom. The molecule has 0 aliphatic heterocycles. The monoisotopic (exact) mass is 472 g/mol. The van der Waals surface area contributed by atoms with Gasteiger partial charge in [-0.15, -0.1) is 0 Å². The number of benzene rings is 1. The Labute approximate surface area is 195 Å². The standard InChI is InChI=1S/C23H32N6O3S/c1-16(2)15-32-21-7-5-6-20-19(21)14-25-29(20)22-12-13-24-23(27-22)26-17-8-10-18(11-9-17)28(3)33(4,30)31/h5-7,12-14,16-18H,8-11,15H2,1-4H3,(H,24,26,27)/t17-,18-. The van der Waals surface area contributed by atoms with E-state index in [4.69, 9.17) is 4.74 Å². The van der Waals surface area contributed by atoms with Gasteiger partial charge >= 0.3 is 0 Å². The highest BCUT2D eigenvalue weighted by molar-refractivity contribution is 7.88. The summed E-state index contributed by atoms with van der Waals surface area (Å²) in [5, 5.41) is 8.91.